The minimum atomic E-state index is -0.272. The molecule has 0 fully saturated rings. The minimum absolute atomic E-state index is 0.0588. The Labute approximate surface area is 209 Å². The van der Waals surface area contributed by atoms with Crippen LogP contribution in [-0.2, 0) is 6.42 Å². The van der Waals surface area contributed by atoms with E-state index in [0.717, 1.165) is 15.8 Å². The second-order valence-corrected chi connectivity index (χ2v) is 9.59. The van der Waals surface area contributed by atoms with Crippen LogP contribution in [0.3, 0.4) is 0 Å². The fourth-order valence-corrected chi connectivity index (χ4v) is 5.83. The molecule has 1 aliphatic carbocycles. The summed E-state index contributed by atoms with van der Waals surface area (Å²) in [5.74, 6) is 1.29. The first-order valence-electron chi connectivity index (χ1n) is 11.3. The Balaban J connectivity index is 1.48. The van der Waals surface area contributed by atoms with Gasteiger partial charge in [-0.2, -0.15) is 4.68 Å². The highest BCUT2D eigenvalue weighted by molar-refractivity contribution is 7.20. The van der Waals surface area contributed by atoms with E-state index in [4.69, 9.17) is 14.2 Å². The van der Waals surface area contributed by atoms with Gasteiger partial charge in [-0.1, -0.05) is 23.5 Å². The van der Waals surface area contributed by atoms with Crippen molar-refractivity contribution in [1.82, 2.24) is 19.7 Å². The van der Waals surface area contributed by atoms with Crippen LogP contribution < -0.4 is 19.8 Å². The molecule has 1 atom stereocenters. The normalized spacial score (nSPS) is 15.3. The number of nitrogens with zero attached hydrogens (tertiary/aromatic N) is 3. The Morgan fingerprint density at radius 3 is 2.47 bits per heavy atom. The average Bonchev–Trinajstić information content (AvgIpc) is 3.48. The van der Waals surface area contributed by atoms with Gasteiger partial charge in [0.15, 0.2) is 22.9 Å². The third-order valence-corrected chi connectivity index (χ3v) is 7.66. The molecule has 0 amide bonds. The quantitative estimate of drug-likeness (QED) is 0.382. The van der Waals surface area contributed by atoms with Gasteiger partial charge in [-0.15, -0.1) is 0 Å². The molecule has 1 aliphatic rings. The summed E-state index contributed by atoms with van der Waals surface area (Å²) < 4.78 is 18.8. The number of aromatic amines is 1. The van der Waals surface area contributed by atoms with E-state index in [1.807, 2.05) is 36.4 Å². The number of fused-ring (bicyclic) bond motifs is 4. The van der Waals surface area contributed by atoms with E-state index >= 15 is 0 Å². The third-order valence-electron chi connectivity index (χ3n) is 6.64. The van der Waals surface area contributed by atoms with E-state index in [2.05, 4.69) is 15.1 Å². The standard InChI is InChI=1S/C26H22N4O5S/c1-33-19-10-14(11-20(34-2)23(19)35-3)13-8-15-16(18(31)9-13)12-27-24-22(15)25(32)30(29-24)26-28-17-6-4-5-7-21(17)36-26/h4-7,10-13H,8-9H2,1-3H3,(H,27,29)/t13-/m1/s1. The summed E-state index contributed by atoms with van der Waals surface area (Å²) in [6.07, 6.45) is 2.34. The molecule has 0 saturated heterocycles. The monoisotopic (exact) mass is 502 g/mol. The highest BCUT2D eigenvalue weighted by Gasteiger charge is 2.31. The molecule has 182 valence electrons. The van der Waals surface area contributed by atoms with Crippen molar-refractivity contribution >= 4 is 38.4 Å². The average molecular weight is 503 g/mol. The number of Topliss-reactive ketones (excluding diaryl/α,β-unsaturated/α-hetero) is 1. The van der Waals surface area contributed by atoms with Crippen molar-refractivity contribution < 1.29 is 19.0 Å². The number of hydrogen-bond donors (Lipinski definition) is 1. The topological polar surface area (TPSA) is 108 Å². The van der Waals surface area contributed by atoms with E-state index in [1.54, 1.807) is 27.5 Å². The maximum atomic E-state index is 13.6. The van der Waals surface area contributed by atoms with Crippen LogP contribution in [0.15, 0.2) is 47.4 Å². The van der Waals surface area contributed by atoms with E-state index in [0.29, 0.717) is 51.0 Å². The summed E-state index contributed by atoms with van der Waals surface area (Å²) in [5, 5.41) is 4.02. The highest BCUT2D eigenvalue weighted by atomic mass is 32.1. The lowest BCUT2D eigenvalue weighted by Gasteiger charge is -2.25. The fourth-order valence-electron chi connectivity index (χ4n) is 4.90. The number of hydrogen-bond acceptors (Lipinski definition) is 8. The predicted octanol–water partition coefficient (Wildman–Crippen LogP) is 4.26. The summed E-state index contributed by atoms with van der Waals surface area (Å²) in [5.41, 5.74) is 3.02. The van der Waals surface area contributed by atoms with Crippen molar-refractivity contribution in [2.24, 2.45) is 0 Å². The molecule has 0 radical (unpaired) electrons. The summed E-state index contributed by atoms with van der Waals surface area (Å²) in [7, 11) is 4.66. The molecule has 36 heavy (non-hydrogen) atoms. The van der Waals surface area contributed by atoms with Gasteiger partial charge in [-0.25, -0.2) is 9.97 Å². The first-order valence-corrected chi connectivity index (χ1v) is 12.2. The predicted molar refractivity (Wildman–Crippen MR) is 136 cm³/mol. The van der Waals surface area contributed by atoms with Crippen LogP contribution in [0.5, 0.6) is 17.2 Å². The fraction of sp³-hybridized carbons (Fsp3) is 0.231. The number of para-hydroxylation sites is 1. The molecule has 6 rings (SSSR count). The van der Waals surface area contributed by atoms with Crippen molar-refractivity contribution in [3.63, 3.8) is 0 Å². The molecule has 10 heteroatoms. The van der Waals surface area contributed by atoms with Gasteiger partial charge in [-0.3, -0.25) is 14.7 Å². The number of benzene rings is 2. The van der Waals surface area contributed by atoms with Crippen molar-refractivity contribution in [3.8, 4) is 22.4 Å². The van der Waals surface area contributed by atoms with Gasteiger partial charge >= 0.3 is 0 Å². The number of carbonyl (C=O) groups is 1. The smallest absolute Gasteiger partial charge is 0.283 e. The van der Waals surface area contributed by atoms with Gasteiger partial charge in [0.05, 0.1) is 36.9 Å². The molecule has 2 aromatic carbocycles. The number of ether oxygens (including phenoxy) is 3. The summed E-state index contributed by atoms with van der Waals surface area (Å²) in [4.78, 5) is 35.8. The van der Waals surface area contributed by atoms with Gasteiger partial charge in [0.25, 0.3) is 5.56 Å². The molecule has 0 unspecified atom stereocenters. The van der Waals surface area contributed by atoms with Gasteiger partial charge < -0.3 is 14.2 Å². The van der Waals surface area contributed by atoms with Gasteiger partial charge in [0.2, 0.25) is 10.9 Å². The van der Waals surface area contributed by atoms with Crippen LogP contribution in [0.25, 0.3) is 26.4 Å². The molecule has 9 nitrogen and oxygen atoms in total. The molecule has 0 saturated carbocycles. The summed E-state index contributed by atoms with van der Waals surface area (Å²) in [6, 6.07) is 11.4. The summed E-state index contributed by atoms with van der Waals surface area (Å²) >= 11 is 1.41. The Kier molecular flexibility index (Phi) is 5.26. The van der Waals surface area contributed by atoms with Crippen LogP contribution in [0.4, 0.5) is 0 Å². The van der Waals surface area contributed by atoms with E-state index in [1.165, 1.54) is 16.0 Å². The van der Waals surface area contributed by atoms with E-state index in [-0.39, 0.29) is 23.7 Å². The summed E-state index contributed by atoms with van der Waals surface area (Å²) in [6.45, 7) is 0. The van der Waals surface area contributed by atoms with Gasteiger partial charge in [0.1, 0.15) is 0 Å². The Hall–Kier alpha value is -4.18. The maximum absolute atomic E-state index is 13.6. The zero-order valence-corrected chi connectivity index (χ0v) is 20.6. The molecule has 0 bridgehead atoms. The minimum Gasteiger partial charge on any atom is -0.493 e. The first-order chi connectivity index (χ1) is 17.5. The van der Waals surface area contributed by atoms with E-state index < -0.39 is 0 Å². The molecule has 1 N–H and O–H groups in total. The number of carbonyl (C=O) groups excluding carboxylic acids is 1. The van der Waals surface area contributed by atoms with Crippen molar-refractivity contribution in [3.05, 3.63) is 69.6 Å². The zero-order chi connectivity index (χ0) is 25.0. The van der Waals surface area contributed by atoms with Gasteiger partial charge in [-0.05, 0) is 47.7 Å². The Bertz CT molecular complexity index is 1660. The number of pyridine rings is 1. The molecule has 3 heterocycles. The number of aromatic nitrogens is 4. The molecular formula is C26H22N4O5S. The molecule has 0 aliphatic heterocycles. The van der Waals surface area contributed by atoms with Crippen LogP contribution in [0, 0.1) is 0 Å². The molecular weight excluding hydrogens is 480 g/mol. The lowest BCUT2D eigenvalue weighted by atomic mass is 9.79. The second-order valence-electron chi connectivity index (χ2n) is 8.58. The van der Waals surface area contributed by atoms with Crippen molar-refractivity contribution in [1.29, 1.82) is 0 Å². The SMILES string of the molecule is COc1cc([C@H]2CC(=O)c3cnc4[nH]n(-c5nc6ccccc6s5)c(=O)c4c3C2)cc(OC)c1OC. The lowest BCUT2D eigenvalue weighted by Crippen LogP contribution is -2.22. The van der Waals surface area contributed by atoms with Crippen molar-refractivity contribution in [2.75, 3.05) is 21.3 Å². The van der Waals surface area contributed by atoms with Crippen LogP contribution >= 0.6 is 11.3 Å². The van der Waals surface area contributed by atoms with Crippen LogP contribution in [-0.4, -0.2) is 46.9 Å². The number of H-pyrrole nitrogens is 1. The van der Waals surface area contributed by atoms with Crippen LogP contribution in [0.2, 0.25) is 0 Å². The Morgan fingerprint density at radius 2 is 1.78 bits per heavy atom. The first kappa shape index (κ1) is 22.3. The second kappa shape index (κ2) is 8.49. The molecule has 0 spiro atoms. The Morgan fingerprint density at radius 1 is 1.03 bits per heavy atom. The number of nitrogens with one attached hydrogen (secondary N) is 1. The number of thiazole rings is 1. The lowest BCUT2D eigenvalue weighted by molar-refractivity contribution is 0.0964. The number of methoxy groups -OCH3 is 3. The van der Waals surface area contributed by atoms with Crippen LogP contribution in [0.1, 0.15) is 33.8 Å². The molecule has 5 aromatic rings. The zero-order valence-electron chi connectivity index (χ0n) is 19.8. The largest absolute Gasteiger partial charge is 0.493 e. The van der Waals surface area contributed by atoms with E-state index in [9.17, 15) is 9.59 Å². The van der Waals surface area contributed by atoms with Gasteiger partial charge in [0, 0.05) is 18.2 Å². The number of ketones is 1. The van der Waals surface area contributed by atoms with Crippen molar-refractivity contribution in [2.45, 2.75) is 18.8 Å². The third kappa shape index (κ3) is 3.36. The number of rotatable bonds is 5. The highest BCUT2D eigenvalue weighted by Crippen LogP contribution is 2.43. The molecule has 3 aromatic heterocycles. The maximum Gasteiger partial charge on any atom is 0.283 e.